The fourth-order valence-corrected chi connectivity index (χ4v) is 3.67. The summed E-state index contributed by atoms with van der Waals surface area (Å²) in [5.41, 5.74) is 2.80. The number of hydrogen-bond acceptors (Lipinski definition) is 2. The van der Waals surface area contributed by atoms with Crippen LogP contribution < -0.4 is 0 Å². The summed E-state index contributed by atoms with van der Waals surface area (Å²) in [7, 11) is 0. The van der Waals surface area contributed by atoms with Gasteiger partial charge in [0, 0.05) is 47.3 Å². The monoisotopic (exact) mass is 381 g/mol. The molecule has 2 aromatic carbocycles. The van der Waals surface area contributed by atoms with Crippen molar-refractivity contribution in [3.8, 4) is 0 Å². The summed E-state index contributed by atoms with van der Waals surface area (Å²) in [5, 5.41) is 1.79. The van der Waals surface area contributed by atoms with E-state index in [9.17, 15) is 9.59 Å². The van der Waals surface area contributed by atoms with Gasteiger partial charge in [0.1, 0.15) is 6.54 Å². The molecule has 1 fully saturated rings. The Labute approximate surface area is 162 Å². The van der Waals surface area contributed by atoms with Gasteiger partial charge >= 0.3 is 0 Å². The Kier molecular flexibility index (Phi) is 4.86. The Morgan fingerprint density at radius 2 is 1.93 bits per heavy atom. The Balaban J connectivity index is 1.38. The molecule has 1 N–H and O–H groups in total. The van der Waals surface area contributed by atoms with E-state index in [4.69, 9.17) is 11.6 Å². The minimum Gasteiger partial charge on any atom is -0.361 e. The summed E-state index contributed by atoms with van der Waals surface area (Å²) in [4.78, 5) is 31.7. The number of nitrogens with one attached hydrogen (secondary N) is 1. The first-order valence-electron chi connectivity index (χ1n) is 8.99. The van der Waals surface area contributed by atoms with Gasteiger partial charge in [-0.05, 0) is 42.3 Å². The van der Waals surface area contributed by atoms with E-state index in [-0.39, 0.29) is 18.4 Å². The third-order valence-corrected chi connectivity index (χ3v) is 5.24. The van der Waals surface area contributed by atoms with Crippen molar-refractivity contribution in [3.63, 3.8) is 0 Å². The van der Waals surface area contributed by atoms with Crippen molar-refractivity contribution >= 4 is 34.3 Å². The highest BCUT2D eigenvalue weighted by Gasteiger charge is 2.27. The lowest BCUT2D eigenvalue weighted by atomic mass is 10.1. The van der Waals surface area contributed by atoms with Gasteiger partial charge < -0.3 is 14.8 Å². The summed E-state index contributed by atoms with van der Waals surface area (Å²) in [6.07, 6.45) is 2.72. The maximum atomic E-state index is 12.5. The van der Waals surface area contributed by atoms with E-state index in [2.05, 4.69) is 4.98 Å². The van der Waals surface area contributed by atoms with Gasteiger partial charge in [0.25, 0.3) is 5.91 Å². The summed E-state index contributed by atoms with van der Waals surface area (Å²) >= 11 is 6.10. The van der Waals surface area contributed by atoms with Crippen LogP contribution in [0.3, 0.4) is 0 Å². The predicted octanol–water partition coefficient (Wildman–Crippen LogP) is 3.35. The second kappa shape index (κ2) is 7.45. The van der Waals surface area contributed by atoms with E-state index in [0.29, 0.717) is 30.2 Å². The summed E-state index contributed by atoms with van der Waals surface area (Å²) < 4.78 is 0. The lowest BCUT2D eigenvalue weighted by Crippen LogP contribution is -2.52. The number of carbonyl (C=O) groups is 2. The Morgan fingerprint density at radius 1 is 1.11 bits per heavy atom. The van der Waals surface area contributed by atoms with Crippen LogP contribution in [0.25, 0.3) is 10.9 Å². The van der Waals surface area contributed by atoms with Crippen molar-refractivity contribution in [2.75, 3.05) is 26.2 Å². The van der Waals surface area contributed by atoms with E-state index in [0.717, 1.165) is 22.9 Å². The van der Waals surface area contributed by atoms with Gasteiger partial charge in [-0.25, -0.2) is 0 Å². The smallest absolute Gasteiger partial charge is 0.254 e. The zero-order chi connectivity index (χ0) is 18.8. The van der Waals surface area contributed by atoms with Crippen LogP contribution in [0.4, 0.5) is 0 Å². The number of piperazine rings is 1. The Bertz CT molecular complexity index is 984. The molecule has 3 aromatic rings. The molecular formula is C21H20ClN3O2. The maximum Gasteiger partial charge on any atom is 0.254 e. The van der Waals surface area contributed by atoms with Gasteiger partial charge in [0.2, 0.25) is 5.91 Å². The molecule has 0 radical (unpaired) electrons. The Morgan fingerprint density at radius 3 is 2.70 bits per heavy atom. The Hall–Kier alpha value is -2.79. The number of fused-ring (bicyclic) bond motifs is 1. The number of hydrogen-bond donors (Lipinski definition) is 1. The maximum absolute atomic E-state index is 12.5. The van der Waals surface area contributed by atoms with Crippen LogP contribution in [0, 0.1) is 0 Å². The van der Waals surface area contributed by atoms with Crippen LogP contribution in [0.2, 0.25) is 5.02 Å². The molecule has 0 saturated carbocycles. The molecule has 138 valence electrons. The van der Waals surface area contributed by atoms with Crippen LogP contribution in [-0.4, -0.2) is 52.8 Å². The van der Waals surface area contributed by atoms with Gasteiger partial charge in [-0.1, -0.05) is 29.8 Å². The number of H-pyrrole nitrogens is 1. The molecule has 27 heavy (non-hydrogen) atoms. The van der Waals surface area contributed by atoms with E-state index >= 15 is 0 Å². The van der Waals surface area contributed by atoms with Gasteiger partial charge in [-0.2, -0.15) is 0 Å². The summed E-state index contributed by atoms with van der Waals surface area (Å²) in [5.74, 6) is -0.0988. The lowest BCUT2D eigenvalue weighted by Gasteiger charge is -2.34. The van der Waals surface area contributed by atoms with Crippen molar-refractivity contribution in [2.45, 2.75) is 6.42 Å². The van der Waals surface area contributed by atoms with Crippen molar-refractivity contribution < 1.29 is 9.59 Å². The third-order valence-electron chi connectivity index (χ3n) is 5.01. The number of aromatic amines is 1. The summed E-state index contributed by atoms with van der Waals surface area (Å²) in [6.45, 7) is 1.87. The molecule has 0 spiro atoms. The van der Waals surface area contributed by atoms with Crippen LogP contribution >= 0.6 is 11.6 Å². The third kappa shape index (κ3) is 3.69. The minimum atomic E-state index is -0.0881. The lowest BCUT2D eigenvalue weighted by molar-refractivity contribution is -0.134. The molecule has 0 bridgehead atoms. The molecule has 1 aliphatic rings. The van der Waals surface area contributed by atoms with Gasteiger partial charge in [0.15, 0.2) is 0 Å². The second-order valence-corrected chi connectivity index (χ2v) is 7.16. The number of benzene rings is 2. The zero-order valence-electron chi connectivity index (χ0n) is 14.8. The van der Waals surface area contributed by atoms with Crippen LogP contribution in [0.15, 0.2) is 54.7 Å². The molecular weight excluding hydrogens is 362 g/mol. The number of amides is 2. The van der Waals surface area contributed by atoms with Gasteiger partial charge in [0.05, 0.1) is 0 Å². The van der Waals surface area contributed by atoms with Crippen molar-refractivity contribution in [3.05, 3.63) is 70.9 Å². The number of carbonyl (C=O) groups excluding carboxylic acids is 2. The van der Waals surface area contributed by atoms with Crippen molar-refractivity contribution in [1.29, 1.82) is 0 Å². The van der Waals surface area contributed by atoms with Crippen LogP contribution in [0.5, 0.6) is 0 Å². The highest BCUT2D eigenvalue weighted by molar-refractivity contribution is 6.31. The molecule has 0 unspecified atom stereocenters. The zero-order valence-corrected chi connectivity index (χ0v) is 15.6. The predicted molar refractivity (Wildman–Crippen MR) is 106 cm³/mol. The van der Waals surface area contributed by atoms with E-state index in [1.165, 1.54) is 0 Å². The average molecular weight is 382 g/mol. The number of aromatic nitrogens is 1. The fourth-order valence-electron chi connectivity index (χ4n) is 3.49. The first kappa shape index (κ1) is 17.6. The van der Waals surface area contributed by atoms with Crippen molar-refractivity contribution in [1.82, 2.24) is 14.8 Å². The van der Waals surface area contributed by atoms with Crippen molar-refractivity contribution in [2.24, 2.45) is 0 Å². The highest BCUT2D eigenvalue weighted by atomic mass is 35.5. The van der Waals surface area contributed by atoms with E-state index in [1.54, 1.807) is 17.0 Å². The molecule has 0 aliphatic carbocycles. The second-order valence-electron chi connectivity index (χ2n) is 6.73. The minimum absolute atomic E-state index is 0.0107. The average Bonchev–Trinajstić information content (AvgIpc) is 3.09. The topological polar surface area (TPSA) is 56.4 Å². The standard InChI is InChI=1S/C21H20ClN3O2/c22-17-6-7-19-18(12-17)16(13-23-19)8-9-24-10-11-25(14-20(24)26)21(27)15-4-2-1-3-5-15/h1-7,12-13,23H,8-11,14H2. The molecule has 2 heterocycles. The fraction of sp³-hybridized carbons (Fsp3) is 0.238. The van der Waals surface area contributed by atoms with Crippen LogP contribution in [0.1, 0.15) is 15.9 Å². The quantitative estimate of drug-likeness (QED) is 0.753. The molecule has 1 saturated heterocycles. The van der Waals surface area contributed by atoms with E-state index < -0.39 is 0 Å². The largest absolute Gasteiger partial charge is 0.361 e. The molecule has 1 aliphatic heterocycles. The molecule has 5 nitrogen and oxygen atoms in total. The molecule has 6 heteroatoms. The first-order chi connectivity index (χ1) is 13.1. The van der Waals surface area contributed by atoms with Crippen LogP contribution in [-0.2, 0) is 11.2 Å². The number of nitrogens with zero attached hydrogens (tertiary/aromatic N) is 2. The number of rotatable bonds is 4. The molecule has 0 atom stereocenters. The van der Waals surface area contributed by atoms with E-state index in [1.807, 2.05) is 47.5 Å². The SMILES string of the molecule is O=C1CN(C(=O)c2ccccc2)CCN1CCc1c[nH]c2ccc(Cl)cc12. The van der Waals surface area contributed by atoms with Gasteiger partial charge in [-0.15, -0.1) is 0 Å². The molecule has 2 amide bonds. The first-order valence-corrected chi connectivity index (χ1v) is 9.37. The number of halogens is 1. The van der Waals surface area contributed by atoms with Gasteiger partial charge in [-0.3, -0.25) is 9.59 Å². The molecule has 4 rings (SSSR count). The normalized spacial score (nSPS) is 14.8. The molecule has 1 aromatic heterocycles. The summed E-state index contributed by atoms with van der Waals surface area (Å²) in [6, 6.07) is 14.9. The highest BCUT2D eigenvalue weighted by Crippen LogP contribution is 2.23.